The molecule has 11 aromatic rings. The standard InChI is InChI=1S/C49H26N4O2/c1-50-39-25-24-33-38-26-37-31-10-3-6-17-41(31)53(42(37)27-45(38)54-44-19-9-15-35(39)46(33)44)49-51-40-16-5-2-12-36(40)47(52-49)29-22-20-28(21-23-29)30-13-8-14-34-32-11-4-7-18-43(32)55-48(30)34/h2-27H. The maximum Gasteiger partial charge on any atom is 0.235 e. The highest BCUT2D eigenvalue weighted by molar-refractivity contribution is 6.15. The quantitative estimate of drug-likeness (QED) is 0.172. The third-order valence-corrected chi connectivity index (χ3v) is 11.0. The summed E-state index contributed by atoms with van der Waals surface area (Å²) in [6.07, 6.45) is 0. The Balaban J connectivity index is 1.05. The molecule has 1 aliphatic rings. The first-order valence-corrected chi connectivity index (χ1v) is 18.2. The van der Waals surface area contributed by atoms with E-state index >= 15 is 0 Å². The van der Waals surface area contributed by atoms with Gasteiger partial charge in [0.25, 0.3) is 0 Å². The zero-order valence-electron chi connectivity index (χ0n) is 29.1. The lowest BCUT2D eigenvalue weighted by Crippen LogP contribution is -2.04. The van der Waals surface area contributed by atoms with Crippen LogP contribution in [-0.2, 0) is 0 Å². The summed E-state index contributed by atoms with van der Waals surface area (Å²) < 4.78 is 15.2. The second-order valence-corrected chi connectivity index (χ2v) is 14.0. The van der Waals surface area contributed by atoms with Crippen molar-refractivity contribution >= 4 is 71.1 Å². The molecule has 0 atom stereocenters. The molecule has 0 aliphatic carbocycles. The Morgan fingerprint density at radius 2 is 1.25 bits per heavy atom. The first-order chi connectivity index (χ1) is 27.2. The number of hydrogen-bond donors (Lipinski definition) is 0. The van der Waals surface area contributed by atoms with Gasteiger partial charge in [-0.1, -0.05) is 121 Å². The van der Waals surface area contributed by atoms with Crippen LogP contribution in [0.25, 0.3) is 110 Å². The number of fused-ring (bicyclic) bond motifs is 9. The predicted molar refractivity (Wildman–Crippen MR) is 221 cm³/mol. The van der Waals surface area contributed by atoms with Crippen molar-refractivity contribution in [3.63, 3.8) is 0 Å². The molecular weight excluding hydrogens is 677 g/mol. The summed E-state index contributed by atoms with van der Waals surface area (Å²) in [6, 6.07) is 53.9. The van der Waals surface area contributed by atoms with Crippen LogP contribution in [0.2, 0.25) is 0 Å². The summed E-state index contributed by atoms with van der Waals surface area (Å²) in [5.41, 5.74) is 11.2. The van der Waals surface area contributed by atoms with Gasteiger partial charge in [0.05, 0.1) is 28.8 Å². The van der Waals surface area contributed by atoms with E-state index in [2.05, 4.69) is 106 Å². The molecule has 0 bridgehead atoms. The monoisotopic (exact) mass is 702 g/mol. The summed E-state index contributed by atoms with van der Waals surface area (Å²) in [7, 11) is 0. The smallest absolute Gasteiger partial charge is 0.235 e. The van der Waals surface area contributed by atoms with Crippen LogP contribution in [0.1, 0.15) is 0 Å². The Kier molecular flexibility index (Phi) is 6.03. The molecule has 3 aromatic heterocycles. The lowest BCUT2D eigenvalue weighted by molar-refractivity contribution is 0.487. The first kappa shape index (κ1) is 29.8. The molecule has 0 saturated heterocycles. The van der Waals surface area contributed by atoms with Crippen molar-refractivity contribution in [3.8, 4) is 51.0 Å². The minimum Gasteiger partial charge on any atom is -0.456 e. The average molecular weight is 703 g/mol. The highest BCUT2D eigenvalue weighted by atomic mass is 16.5. The fourth-order valence-corrected chi connectivity index (χ4v) is 8.56. The van der Waals surface area contributed by atoms with Crippen molar-refractivity contribution in [1.82, 2.24) is 14.5 Å². The number of furan rings is 1. The number of hydrogen-bond acceptors (Lipinski definition) is 4. The molecule has 55 heavy (non-hydrogen) atoms. The molecule has 0 fully saturated rings. The molecule has 6 nitrogen and oxygen atoms in total. The van der Waals surface area contributed by atoms with Crippen molar-refractivity contribution in [3.05, 3.63) is 169 Å². The molecule has 12 rings (SSSR count). The third-order valence-electron chi connectivity index (χ3n) is 11.0. The topological polar surface area (TPSA) is 57.4 Å². The van der Waals surface area contributed by atoms with Gasteiger partial charge >= 0.3 is 0 Å². The molecule has 0 amide bonds. The van der Waals surface area contributed by atoms with Crippen molar-refractivity contribution in [1.29, 1.82) is 0 Å². The van der Waals surface area contributed by atoms with Gasteiger partial charge in [0.15, 0.2) is 5.69 Å². The maximum atomic E-state index is 7.74. The van der Waals surface area contributed by atoms with Gasteiger partial charge in [0.2, 0.25) is 5.95 Å². The number of aromatic nitrogens is 3. The number of rotatable bonds is 3. The average Bonchev–Trinajstić information content (AvgIpc) is 3.78. The molecule has 0 spiro atoms. The van der Waals surface area contributed by atoms with E-state index in [0.717, 1.165) is 110 Å². The Morgan fingerprint density at radius 3 is 2.15 bits per heavy atom. The molecule has 254 valence electrons. The van der Waals surface area contributed by atoms with E-state index in [1.807, 2.05) is 60.7 Å². The molecule has 0 N–H and O–H groups in total. The summed E-state index contributed by atoms with van der Waals surface area (Å²) in [5, 5.41) is 7.23. The molecule has 0 radical (unpaired) electrons. The maximum absolute atomic E-state index is 7.74. The third kappa shape index (κ3) is 4.23. The molecular formula is C49H26N4O2. The molecule has 1 aliphatic heterocycles. The van der Waals surface area contributed by atoms with Crippen LogP contribution >= 0.6 is 0 Å². The molecule has 6 heteroatoms. The van der Waals surface area contributed by atoms with E-state index < -0.39 is 0 Å². The molecule has 0 unspecified atom stereocenters. The van der Waals surface area contributed by atoms with Crippen LogP contribution in [0.5, 0.6) is 11.5 Å². The number of ether oxygens (including phenoxy) is 1. The van der Waals surface area contributed by atoms with Crippen molar-refractivity contribution in [2.75, 3.05) is 0 Å². The fraction of sp³-hybridized carbons (Fsp3) is 0. The Bertz CT molecular complexity index is 3480. The number of para-hydroxylation sites is 4. The van der Waals surface area contributed by atoms with Crippen LogP contribution in [0.3, 0.4) is 0 Å². The first-order valence-electron chi connectivity index (χ1n) is 18.2. The minimum atomic E-state index is 0.580. The fourth-order valence-electron chi connectivity index (χ4n) is 8.56. The zero-order valence-corrected chi connectivity index (χ0v) is 29.1. The highest BCUT2D eigenvalue weighted by Gasteiger charge is 2.25. The van der Waals surface area contributed by atoms with Crippen LogP contribution in [0.15, 0.2) is 162 Å². The normalized spacial score (nSPS) is 12.1. The van der Waals surface area contributed by atoms with Crippen LogP contribution < -0.4 is 4.74 Å². The van der Waals surface area contributed by atoms with E-state index in [1.165, 1.54) is 0 Å². The van der Waals surface area contributed by atoms with Gasteiger partial charge in [-0.3, -0.25) is 4.57 Å². The number of nitrogens with zero attached hydrogens (tertiary/aromatic N) is 4. The van der Waals surface area contributed by atoms with Crippen molar-refractivity contribution in [2.45, 2.75) is 0 Å². The van der Waals surface area contributed by atoms with E-state index in [4.69, 9.17) is 25.7 Å². The second-order valence-electron chi connectivity index (χ2n) is 14.0. The predicted octanol–water partition coefficient (Wildman–Crippen LogP) is 13.4. The van der Waals surface area contributed by atoms with E-state index in [-0.39, 0.29) is 0 Å². The van der Waals surface area contributed by atoms with Gasteiger partial charge in [0, 0.05) is 55.1 Å². The largest absolute Gasteiger partial charge is 0.456 e. The highest BCUT2D eigenvalue weighted by Crippen LogP contribution is 2.51. The minimum absolute atomic E-state index is 0.580. The Hall–Kier alpha value is -7.75. The summed E-state index contributed by atoms with van der Waals surface area (Å²) in [6.45, 7) is 7.74. The van der Waals surface area contributed by atoms with Crippen LogP contribution in [0, 0.1) is 6.57 Å². The van der Waals surface area contributed by atoms with Crippen LogP contribution in [-0.4, -0.2) is 14.5 Å². The molecule has 8 aromatic carbocycles. The summed E-state index contributed by atoms with van der Waals surface area (Å²) in [4.78, 5) is 14.3. The SMILES string of the molecule is [C-]#[N+]c1ccc2c3c(cccc13)Oc1cc3c(cc1-2)c1ccccc1n3-c1nc(-c2ccc(-c3cccc4c3oc3ccccc34)cc2)c2ccccc2n1. The lowest BCUT2D eigenvalue weighted by atomic mass is 9.93. The van der Waals surface area contributed by atoms with Crippen molar-refractivity contribution < 1.29 is 9.15 Å². The Labute approximate surface area is 313 Å². The number of benzene rings is 8. The zero-order chi connectivity index (χ0) is 36.2. The van der Waals surface area contributed by atoms with Gasteiger partial charge < -0.3 is 9.15 Å². The van der Waals surface area contributed by atoms with Gasteiger partial charge in [-0.15, -0.1) is 0 Å². The second kappa shape index (κ2) is 11.1. The molecule has 4 heterocycles. The van der Waals surface area contributed by atoms with Gasteiger partial charge in [0.1, 0.15) is 22.7 Å². The van der Waals surface area contributed by atoms with E-state index in [9.17, 15) is 0 Å². The van der Waals surface area contributed by atoms with Gasteiger partial charge in [-0.05, 0) is 46.8 Å². The van der Waals surface area contributed by atoms with Crippen LogP contribution in [0.4, 0.5) is 5.69 Å². The lowest BCUT2D eigenvalue weighted by Gasteiger charge is -2.22. The molecule has 0 saturated carbocycles. The summed E-state index contributed by atoms with van der Waals surface area (Å²) in [5.74, 6) is 2.08. The van der Waals surface area contributed by atoms with Gasteiger partial charge in [-0.25, -0.2) is 14.8 Å². The summed E-state index contributed by atoms with van der Waals surface area (Å²) >= 11 is 0. The van der Waals surface area contributed by atoms with Gasteiger partial charge in [-0.2, -0.15) is 0 Å². The van der Waals surface area contributed by atoms with E-state index in [0.29, 0.717) is 11.6 Å². The Morgan fingerprint density at radius 1 is 0.509 bits per heavy atom. The van der Waals surface area contributed by atoms with Crippen molar-refractivity contribution in [2.24, 2.45) is 0 Å². The van der Waals surface area contributed by atoms with E-state index in [1.54, 1.807) is 0 Å².